The summed E-state index contributed by atoms with van der Waals surface area (Å²) in [5.74, 6) is 0. The standard InChI is InChI=1S/C13H13N.NO3/c14-13(11-7-3-1-4-8-11)12-9-5-2-6-10-12;2-1(3)4/h1-10,13H,14H2;/q;-1/p+1. The second-order valence-corrected chi connectivity index (χ2v) is 3.60. The van der Waals surface area contributed by atoms with Crippen LogP contribution in [0.3, 0.4) is 0 Å². The van der Waals surface area contributed by atoms with Crippen LogP contribution >= 0.6 is 0 Å². The minimum absolute atomic E-state index is 0.234. The van der Waals surface area contributed by atoms with Gasteiger partial charge in [-0.25, -0.2) is 0 Å². The van der Waals surface area contributed by atoms with Crippen LogP contribution in [0.4, 0.5) is 0 Å². The van der Waals surface area contributed by atoms with Gasteiger partial charge in [0.25, 0.3) is 0 Å². The summed E-state index contributed by atoms with van der Waals surface area (Å²) in [4.78, 5) is 8.25. The van der Waals surface area contributed by atoms with E-state index in [4.69, 9.17) is 15.3 Å². The molecule has 2 aromatic carbocycles. The molecule has 0 aromatic heterocycles. The number of hydrogen-bond acceptors (Lipinski definition) is 3. The maximum absolute atomic E-state index is 8.25. The lowest BCUT2D eigenvalue weighted by Crippen LogP contribution is -2.53. The number of benzene rings is 2. The molecule has 2 aromatic rings. The first-order valence-corrected chi connectivity index (χ1v) is 5.35. The topological polar surface area (TPSA) is 93.8 Å². The molecule has 94 valence electrons. The lowest BCUT2D eigenvalue weighted by Gasteiger charge is -2.08. The van der Waals surface area contributed by atoms with E-state index in [1.807, 2.05) is 12.1 Å². The SMILES string of the molecule is O=[N+]([O-])[O-].[NH3+]C(c1ccccc1)c1ccccc1. The van der Waals surface area contributed by atoms with Gasteiger partial charge in [0.2, 0.25) is 0 Å². The molecule has 5 nitrogen and oxygen atoms in total. The quantitative estimate of drug-likeness (QED) is 0.646. The van der Waals surface area contributed by atoms with E-state index in [-0.39, 0.29) is 6.04 Å². The molecule has 2 rings (SSSR count). The molecule has 0 radical (unpaired) electrons. The fourth-order valence-electron chi connectivity index (χ4n) is 1.56. The second kappa shape index (κ2) is 7.03. The summed E-state index contributed by atoms with van der Waals surface area (Å²) in [6.45, 7) is 0. The lowest BCUT2D eigenvalue weighted by molar-refractivity contribution is -0.411. The monoisotopic (exact) mass is 246 g/mol. The Bertz CT molecular complexity index is 431. The lowest BCUT2D eigenvalue weighted by atomic mass is 10.00. The minimum atomic E-state index is -1.75. The Morgan fingerprint density at radius 3 is 1.39 bits per heavy atom. The van der Waals surface area contributed by atoms with Gasteiger partial charge in [-0.05, 0) is 0 Å². The van der Waals surface area contributed by atoms with Gasteiger partial charge in [-0.1, -0.05) is 60.7 Å². The molecule has 5 heteroatoms. The van der Waals surface area contributed by atoms with Crippen LogP contribution in [0.15, 0.2) is 60.7 Å². The predicted molar refractivity (Wildman–Crippen MR) is 68.0 cm³/mol. The van der Waals surface area contributed by atoms with E-state index < -0.39 is 5.09 Å². The average Bonchev–Trinajstić information content (AvgIpc) is 2.39. The van der Waals surface area contributed by atoms with Crippen molar-refractivity contribution < 1.29 is 10.8 Å². The Labute approximate surface area is 105 Å². The molecule has 0 bridgehead atoms. The maximum atomic E-state index is 8.25. The summed E-state index contributed by atoms with van der Waals surface area (Å²) >= 11 is 0. The summed E-state index contributed by atoms with van der Waals surface area (Å²) in [7, 11) is 0. The van der Waals surface area contributed by atoms with Gasteiger partial charge in [-0.3, -0.25) is 0 Å². The Kier molecular flexibility index (Phi) is 5.34. The van der Waals surface area contributed by atoms with Crippen molar-refractivity contribution in [1.82, 2.24) is 0 Å². The largest absolute Gasteiger partial charge is 0.356 e. The molecule has 0 spiro atoms. The molecule has 18 heavy (non-hydrogen) atoms. The number of nitrogens with zero attached hydrogens (tertiary/aromatic N) is 1. The molecular formula is C13H14N2O3. The average molecular weight is 246 g/mol. The molecule has 0 saturated heterocycles. The van der Waals surface area contributed by atoms with Crippen LogP contribution in [-0.2, 0) is 0 Å². The van der Waals surface area contributed by atoms with Gasteiger partial charge < -0.3 is 21.1 Å². The Hall–Kier alpha value is -2.40. The molecule has 0 aliphatic heterocycles. The summed E-state index contributed by atoms with van der Waals surface area (Å²) in [5.41, 5.74) is 6.70. The van der Waals surface area contributed by atoms with Crippen molar-refractivity contribution in [3.8, 4) is 0 Å². The highest BCUT2D eigenvalue weighted by Gasteiger charge is 2.10. The zero-order valence-corrected chi connectivity index (χ0v) is 9.73. The summed E-state index contributed by atoms with van der Waals surface area (Å²) < 4.78 is 0. The fourth-order valence-corrected chi connectivity index (χ4v) is 1.56. The maximum Gasteiger partial charge on any atom is 0.136 e. The highest BCUT2D eigenvalue weighted by atomic mass is 16.9. The van der Waals surface area contributed by atoms with Crippen molar-refractivity contribution in [1.29, 1.82) is 0 Å². The number of hydrogen-bond donors (Lipinski definition) is 1. The zero-order chi connectivity index (χ0) is 13.4. The number of rotatable bonds is 2. The Balaban J connectivity index is 0.000000357. The van der Waals surface area contributed by atoms with E-state index in [9.17, 15) is 0 Å². The molecule has 0 atom stereocenters. The van der Waals surface area contributed by atoms with Crippen molar-refractivity contribution >= 4 is 0 Å². The molecule has 0 unspecified atom stereocenters. The van der Waals surface area contributed by atoms with E-state index in [1.54, 1.807) is 0 Å². The first kappa shape index (κ1) is 13.7. The zero-order valence-electron chi connectivity index (χ0n) is 9.73. The third-order valence-electron chi connectivity index (χ3n) is 2.40. The highest BCUT2D eigenvalue weighted by molar-refractivity contribution is 5.28. The molecule has 0 amide bonds. The van der Waals surface area contributed by atoms with Gasteiger partial charge in [-0.2, -0.15) is 0 Å². The van der Waals surface area contributed by atoms with E-state index in [0.29, 0.717) is 0 Å². The number of quaternary nitrogens is 1. The van der Waals surface area contributed by atoms with E-state index >= 15 is 0 Å². The van der Waals surface area contributed by atoms with Crippen LogP contribution in [0, 0.1) is 15.3 Å². The third-order valence-corrected chi connectivity index (χ3v) is 2.40. The molecule has 0 saturated carbocycles. The highest BCUT2D eigenvalue weighted by Crippen LogP contribution is 2.16. The smallest absolute Gasteiger partial charge is 0.136 e. The van der Waals surface area contributed by atoms with Crippen LogP contribution in [0.25, 0.3) is 0 Å². The minimum Gasteiger partial charge on any atom is -0.356 e. The summed E-state index contributed by atoms with van der Waals surface area (Å²) in [6, 6.07) is 21.0. The Morgan fingerprint density at radius 1 is 0.833 bits per heavy atom. The van der Waals surface area contributed by atoms with Crippen LogP contribution in [0.2, 0.25) is 0 Å². The van der Waals surface area contributed by atoms with E-state index in [2.05, 4.69) is 54.3 Å². The molecule has 0 aliphatic carbocycles. The predicted octanol–water partition coefficient (Wildman–Crippen LogP) is 1.78. The van der Waals surface area contributed by atoms with Crippen molar-refractivity contribution in [3.63, 3.8) is 0 Å². The summed E-state index contributed by atoms with van der Waals surface area (Å²) in [6.07, 6.45) is 0. The van der Waals surface area contributed by atoms with Crippen LogP contribution < -0.4 is 5.73 Å². The first-order chi connectivity index (χ1) is 8.61. The van der Waals surface area contributed by atoms with E-state index in [1.165, 1.54) is 11.1 Å². The van der Waals surface area contributed by atoms with Crippen molar-refractivity contribution in [3.05, 3.63) is 87.1 Å². The van der Waals surface area contributed by atoms with E-state index in [0.717, 1.165) is 0 Å². The van der Waals surface area contributed by atoms with Gasteiger partial charge >= 0.3 is 0 Å². The van der Waals surface area contributed by atoms with Gasteiger partial charge in [0.05, 0.1) is 5.09 Å². The first-order valence-electron chi connectivity index (χ1n) is 5.35. The molecular weight excluding hydrogens is 232 g/mol. The second-order valence-electron chi connectivity index (χ2n) is 3.60. The normalized spacial score (nSPS) is 9.44. The molecule has 3 N–H and O–H groups in total. The molecule has 0 aliphatic rings. The van der Waals surface area contributed by atoms with Crippen molar-refractivity contribution in [2.75, 3.05) is 0 Å². The van der Waals surface area contributed by atoms with Gasteiger partial charge in [0.15, 0.2) is 0 Å². The van der Waals surface area contributed by atoms with Gasteiger partial charge in [-0.15, -0.1) is 0 Å². The van der Waals surface area contributed by atoms with Crippen molar-refractivity contribution in [2.24, 2.45) is 0 Å². The molecule has 0 fully saturated rings. The van der Waals surface area contributed by atoms with Crippen molar-refractivity contribution in [2.45, 2.75) is 6.04 Å². The molecule has 0 heterocycles. The van der Waals surface area contributed by atoms with Crippen LogP contribution in [0.1, 0.15) is 17.2 Å². The van der Waals surface area contributed by atoms with Gasteiger partial charge in [0.1, 0.15) is 6.04 Å². The van der Waals surface area contributed by atoms with Crippen LogP contribution in [0.5, 0.6) is 0 Å². The van der Waals surface area contributed by atoms with Gasteiger partial charge in [0, 0.05) is 11.1 Å². The Morgan fingerprint density at radius 2 is 1.11 bits per heavy atom. The summed E-state index contributed by atoms with van der Waals surface area (Å²) in [5, 5.41) is 14.8. The third kappa shape index (κ3) is 4.63. The fraction of sp³-hybridized carbons (Fsp3) is 0.0769. The van der Waals surface area contributed by atoms with Crippen LogP contribution in [-0.4, -0.2) is 5.09 Å².